The van der Waals surface area contributed by atoms with Gasteiger partial charge in [0.15, 0.2) is 5.82 Å². The van der Waals surface area contributed by atoms with Crippen molar-refractivity contribution < 1.29 is 19.0 Å². The first-order valence-corrected chi connectivity index (χ1v) is 10.1. The number of aliphatic hydroxyl groups excluding tert-OH is 1. The molecule has 0 saturated carbocycles. The molecule has 1 saturated heterocycles. The zero-order valence-electron chi connectivity index (χ0n) is 17.0. The minimum atomic E-state index is -0.569. The summed E-state index contributed by atoms with van der Waals surface area (Å²) >= 11 is 0. The Morgan fingerprint density at radius 2 is 2.22 bits per heavy atom. The molecule has 9 nitrogen and oxygen atoms in total. The average Bonchev–Trinajstić information content (AvgIpc) is 3.45. The van der Waals surface area contributed by atoms with Gasteiger partial charge in [0.2, 0.25) is 0 Å². The summed E-state index contributed by atoms with van der Waals surface area (Å²) in [7, 11) is 0. The van der Waals surface area contributed by atoms with Crippen LogP contribution in [-0.2, 0) is 11.3 Å². The third-order valence-corrected chi connectivity index (χ3v) is 5.66. The Labute approximate surface area is 182 Å². The molecule has 0 aliphatic carbocycles. The van der Waals surface area contributed by atoms with E-state index in [1.807, 2.05) is 11.0 Å². The number of anilines is 1. The highest BCUT2D eigenvalue weighted by atomic mass is 19.1. The first kappa shape index (κ1) is 20.1. The van der Waals surface area contributed by atoms with Gasteiger partial charge >= 0.3 is 0 Å². The number of benzene rings is 1. The van der Waals surface area contributed by atoms with Crippen LogP contribution < -0.4 is 10.2 Å². The van der Waals surface area contributed by atoms with Gasteiger partial charge < -0.3 is 20.1 Å². The van der Waals surface area contributed by atoms with Gasteiger partial charge in [-0.25, -0.2) is 14.1 Å². The van der Waals surface area contributed by atoms with Gasteiger partial charge in [0.05, 0.1) is 72.2 Å². The van der Waals surface area contributed by atoms with E-state index >= 15 is 0 Å². The molecular formula is C22H19FN6O3. The number of halogens is 1. The Morgan fingerprint density at radius 3 is 3.03 bits per heavy atom. The molecule has 0 radical (unpaired) electrons. The highest BCUT2D eigenvalue weighted by Crippen LogP contribution is 2.31. The number of amides is 1. The number of aliphatic hydroxyl groups is 1. The molecule has 162 valence electrons. The molecule has 0 spiro atoms. The molecule has 32 heavy (non-hydrogen) atoms. The lowest BCUT2D eigenvalue weighted by Crippen LogP contribution is -2.47. The van der Waals surface area contributed by atoms with Gasteiger partial charge in [0.1, 0.15) is 5.82 Å². The van der Waals surface area contributed by atoms with E-state index in [1.54, 1.807) is 23.0 Å². The summed E-state index contributed by atoms with van der Waals surface area (Å²) in [5, 5.41) is 26.5. The molecule has 3 aromatic rings. The van der Waals surface area contributed by atoms with Gasteiger partial charge in [-0.1, -0.05) is 6.07 Å². The smallest absolute Gasteiger partial charge is 0.255 e. The van der Waals surface area contributed by atoms with Crippen LogP contribution in [0.1, 0.15) is 21.6 Å². The van der Waals surface area contributed by atoms with Crippen molar-refractivity contribution in [2.75, 3.05) is 31.3 Å². The first-order chi connectivity index (χ1) is 15.6. The number of carbonyl (C=O) groups is 1. The lowest BCUT2D eigenvalue weighted by atomic mass is 10.0. The molecule has 1 amide bonds. The van der Waals surface area contributed by atoms with E-state index in [0.717, 1.165) is 0 Å². The monoisotopic (exact) mass is 434 g/mol. The third-order valence-electron chi connectivity index (χ3n) is 5.66. The van der Waals surface area contributed by atoms with E-state index < -0.39 is 5.82 Å². The maximum atomic E-state index is 14.7. The highest BCUT2D eigenvalue weighted by Gasteiger charge is 2.29. The number of pyridine rings is 1. The normalized spacial score (nSPS) is 17.7. The number of nitrogens with one attached hydrogen (secondary N) is 1. The maximum Gasteiger partial charge on any atom is 0.255 e. The van der Waals surface area contributed by atoms with Crippen molar-refractivity contribution in [3.63, 3.8) is 0 Å². The number of ether oxygens (including phenoxy) is 1. The second kappa shape index (κ2) is 8.03. The van der Waals surface area contributed by atoms with Crippen LogP contribution in [0.25, 0.3) is 16.9 Å². The molecule has 1 unspecified atom stereocenters. The first-order valence-electron chi connectivity index (χ1n) is 10.1. The summed E-state index contributed by atoms with van der Waals surface area (Å²) in [6.07, 6.45) is 1.71. The number of rotatable bonds is 4. The van der Waals surface area contributed by atoms with Crippen molar-refractivity contribution in [2.24, 2.45) is 0 Å². The van der Waals surface area contributed by atoms with E-state index in [0.29, 0.717) is 42.5 Å². The topological polar surface area (TPSA) is 116 Å². The number of aromatic nitrogens is 3. The van der Waals surface area contributed by atoms with Crippen LogP contribution in [0.2, 0.25) is 0 Å². The molecule has 10 heteroatoms. The van der Waals surface area contributed by atoms with E-state index in [-0.39, 0.29) is 41.9 Å². The zero-order chi connectivity index (χ0) is 22.2. The van der Waals surface area contributed by atoms with Crippen molar-refractivity contribution >= 4 is 11.7 Å². The van der Waals surface area contributed by atoms with E-state index in [2.05, 4.69) is 15.4 Å². The Bertz CT molecular complexity index is 1250. The lowest BCUT2D eigenvalue weighted by molar-refractivity contribution is 0.0722. The summed E-state index contributed by atoms with van der Waals surface area (Å²) in [6.45, 7) is 1.61. The van der Waals surface area contributed by atoms with Gasteiger partial charge in [-0.05, 0) is 18.2 Å². The number of hydrogen-bond donors (Lipinski definition) is 2. The number of fused-ring (bicyclic) bond motifs is 1. The largest absolute Gasteiger partial charge is 0.394 e. The van der Waals surface area contributed by atoms with Crippen LogP contribution in [0.5, 0.6) is 0 Å². The standard InChI is InChI=1S/C22H19FN6O3/c23-15-3-1-2-13(9-24)20(15)16-8-18(21-17(26-16)10-25-22(21)31)29-5-4-19(27-29)28-6-7-32-12-14(28)11-30/h1-5,8,14,30H,6-7,10-12H2,(H,25,31). The quantitative estimate of drug-likeness (QED) is 0.637. The second-order valence-electron chi connectivity index (χ2n) is 7.53. The van der Waals surface area contributed by atoms with Gasteiger partial charge in [-0.2, -0.15) is 10.4 Å². The molecular weight excluding hydrogens is 415 g/mol. The van der Waals surface area contributed by atoms with Crippen LogP contribution in [-0.4, -0.2) is 58.2 Å². The van der Waals surface area contributed by atoms with Gasteiger partial charge in [0.25, 0.3) is 5.91 Å². The predicted molar refractivity (Wildman–Crippen MR) is 112 cm³/mol. The lowest BCUT2D eigenvalue weighted by Gasteiger charge is -2.34. The van der Waals surface area contributed by atoms with Gasteiger partial charge in [-0.3, -0.25) is 4.79 Å². The van der Waals surface area contributed by atoms with Crippen molar-refractivity contribution in [3.8, 4) is 23.0 Å². The minimum Gasteiger partial charge on any atom is -0.394 e. The molecule has 1 atom stereocenters. The fourth-order valence-electron chi connectivity index (χ4n) is 4.11. The summed E-state index contributed by atoms with van der Waals surface area (Å²) in [6, 6.07) is 9.41. The molecule has 2 N–H and O–H groups in total. The molecule has 4 heterocycles. The van der Waals surface area contributed by atoms with Crippen LogP contribution >= 0.6 is 0 Å². The zero-order valence-corrected chi connectivity index (χ0v) is 17.0. The summed E-state index contributed by atoms with van der Waals surface area (Å²) in [4.78, 5) is 19.0. The summed E-state index contributed by atoms with van der Waals surface area (Å²) in [5.74, 6) is -0.235. The number of nitrogens with zero attached hydrogens (tertiary/aromatic N) is 5. The number of carbonyl (C=O) groups excluding carboxylic acids is 1. The molecule has 1 fully saturated rings. The fraction of sp³-hybridized carbons (Fsp3) is 0.273. The Hall–Kier alpha value is -3.81. The molecule has 5 rings (SSSR count). The van der Waals surface area contributed by atoms with Crippen LogP contribution in [0.4, 0.5) is 10.2 Å². The van der Waals surface area contributed by atoms with E-state index in [1.165, 1.54) is 18.2 Å². The van der Waals surface area contributed by atoms with Crippen LogP contribution in [0.3, 0.4) is 0 Å². The van der Waals surface area contributed by atoms with Gasteiger partial charge in [0, 0.05) is 18.8 Å². The number of nitriles is 1. The summed E-state index contributed by atoms with van der Waals surface area (Å²) < 4.78 is 21.6. The van der Waals surface area contributed by atoms with E-state index in [4.69, 9.17) is 4.74 Å². The molecule has 2 aliphatic heterocycles. The van der Waals surface area contributed by atoms with E-state index in [9.17, 15) is 19.6 Å². The molecule has 2 aromatic heterocycles. The Kier molecular flexibility index (Phi) is 5.05. The van der Waals surface area contributed by atoms with Crippen molar-refractivity contribution in [1.82, 2.24) is 20.1 Å². The SMILES string of the molecule is N#Cc1cccc(F)c1-c1cc(-n2ccc(N3CCOCC3CO)n2)c2c(n1)CNC2=O. The Balaban J connectivity index is 1.64. The maximum absolute atomic E-state index is 14.7. The number of morpholine rings is 1. The van der Waals surface area contributed by atoms with Crippen molar-refractivity contribution in [1.29, 1.82) is 5.26 Å². The molecule has 0 bridgehead atoms. The number of hydrogen-bond acceptors (Lipinski definition) is 7. The minimum absolute atomic E-state index is 0.0751. The third kappa shape index (κ3) is 3.28. The van der Waals surface area contributed by atoms with Crippen molar-refractivity contribution in [2.45, 2.75) is 12.6 Å². The molecule has 2 aliphatic rings. The van der Waals surface area contributed by atoms with Crippen LogP contribution in [0, 0.1) is 17.1 Å². The molecule has 1 aromatic carbocycles. The Morgan fingerprint density at radius 1 is 1.34 bits per heavy atom. The predicted octanol–water partition coefficient (Wildman–Crippen LogP) is 1.39. The summed E-state index contributed by atoms with van der Waals surface area (Å²) in [5.41, 5.74) is 1.75. The second-order valence-corrected chi connectivity index (χ2v) is 7.53. The van der Waals surface area contributed by atoms with Gasteiger partial charge in [-0.15, -0.1) is 0 Å². The average molecular weight is 434 g/mol. The van der Waals surface area contributed by atoms with Crippen LogP contribution in [0.15, 0.2) is 36.5 Å². The van der Waals surface area contributed by atoms with Crippen molar-refractivity contribution in [3.05, 3.63) is 59.2 Å². The highest BCUT2D eigenvalue weighted by molar-refractivity contribution is 6.01. The fourth-order valence-corrected chi connectivity index (χ4v) is 4.11.